The smallest absolute Gasteiger partial charge is 0.223 e. The number of nitrogens with two attached hydrogens (primary N) is 2. The molecule has 3 aromatic heterocycles. The van der Waals surface area contributed by atoms with Gasteiger partial charge in [0, 0.05) is 10.8 Å². The molecule has 7 rings (SSSR count). The van der Waals surface area contributed by atoms with Gasteiger partial charge < -0.3 is 35.5 Å². The van der Waals surface area contributed by atoms with E-state index >= 15 is 8.78 Å². The molecule has 0 spiro atoms. The highest BCUT2D eigenvalue weighted by atomic mass is 35.5. The maximum atomic E-state index is 15.9. The number of nitrogens with one attached hydrogen (secondary N) is 2. The van der Waals surface area contributed by atoms with E-state index in [0.717, 1.165) is 25.7 Å². The van der Waals surface area contributed by atoms with Crippen LogP contribution in [-0.4, -0.2) is 83.1 Å². The summed E-state index contributed by atoms with van der Waals surface area (Å²) in [5.74, 6) is 0.575. The second kappa shape index (κ2) is 14.8. The van der Waals surface area contributed by atoms with Gasteiger partial charge in [0.25, 0.3) is 0 Å². The van der Waals surface area contributed by atoms with Gasteiger partial charge in [-0.15, -0.1) is 0 Å². The molecule has 0 saturated heterocycles. The van der Waals surface area contributed by atoms with E-state index in [9.17, 15) is 4.79 Å². The van der Waals surface area contributed by atoms with Crippen LogP contribution in [0.3, 0.4) is 0 Å². The minimum Gasteiger partial charge on any atom is -0.410 e. The molecule has 4 aliphatic carbocycles. The summed E-state index contributed by atoms with van der Waals surface area (Å²) < 4.78 is 46.7. The van der Waals surface area contributed by atoms with Crippen molar-refractivity contribution in [2.75, 3.05) is 22.1 Å². The lowest BCUT2D eigenvalue weighted by molar-refractivity contribution is -0.105. The van der Waals surface area contributed by atoms with Gasteiger partial charge in [-0.25, -0.2) is 13.8 Å². The third-order valence-electron chi connectivity index (χ3n) is 14.5. The number of carbonyl (C=O) groups is 1. The molecule has 13 nitrogen and oxygen atoms in total. The van der Waals surface area contributed by atoms with Crippen LogP contribution in [0, 0.1) is 22.7 Å². The van der Waals surface area contributed by atoms with Gasteiger partial charge >= 0.3 is 0 Å². The number of hydrogen-bond acceptors (Lipinski definition) is 11. The Hall–Kier alpha value is -2.71. The normalized spacial score (nSPS) is 32.0. The van der Waals surface area contributed by atoms with Gasteiger partial charge in [-0.2, -0.15) is 19.9 Å². The summed E-state index contributed by atoms with van der Waals surface area (Å²) in [5, 5.41) is 5.86. The second-order valence-electron chi connectivity index (χ2n) is 19.5. The van der Waals surface area contributed by atoms with Crippen molar-refractivity contribution in [2.45, 2.75) is 154 Å². The van der Waals surface area contributed by atoms with Gasteiger partial charge in [-0.05, 0) is 73.8 Å². The van der Waals surface area contributed by atoms with E-state index in [1.807, 2.05) is 0 Å². The molecular formula is C38H60Cl2F2N10O3Si2. The van der Waals surface area contributed by atoms with Crippen LogP contribution in [0.2, 0.25) is 46.6 Å². The zero-order chi connectivity index (χ0) is 42.4. The molecule has 57 heavy (non-hydrogen) atoms. The fraction of sp³-hybridized carbons (Fsp3) is 0.737. The first-order chi connectivity index (χ1) is 26.3. The van der Waals surface area contributed by atoms with Crippen molar-refractivity contribution in [1.82, 2.24) is 29.5 Å². The molecule has 4 saturated carbocycles. The molecule has 19 heteroatoms. The summed E-state index contributed by atoms with van der Waals surface area (Å²) in [4.78, 5) is 31.5. The predicted molar refractivity (Wildman–Crippen MR) is 228 cm³/mol. The molecule has 0 radical (unpaired) electrons. The lowest BCUT2D eigenvalue weighted by Crippen LogP contribution is -2.49. The number of amides is 1. The molecule has 3 aromatic rings. The van der Waals surface area contributed by atoms with Crippen molar-refractivity contribution in [1.29, 1.82) is 0 Å². The molecule has 4 fully saturated rings. The van der Waals surface area contributed by atoms with Gasteiger partial charge in [0.1, 0.15) is 23.5 Å². The van der Waals surface area contributed by atoms with E-state index in [-0.39, 0.29) is 72.5 Å². The number of nitrogens with zero attached hydrogens (tertiary/aromatic N) is 6. The molecule has 6 N–H and O–H groups in total. The Balaban J connectivity index is 0.000000193. The van der Waals surface area contributed by atoms with Crippen LogP contribution < -0.4 is 22.1 Å². The number of halogens is 4. The quantitative estimate of drug-likeness (QED) is 0.0821. The van der Waals surface area contributed by atoms with Gasteiger partial charge in [0.2, 0.25) is 18.3 Å². The SMILES string of the molecule is CC[C@@]12C[C@@H]1[C@@H](Nc1nc(N)nc(Cl)c1NC=O)[C@H](F)[C@@H]2O[Si](C)(C)C(C)(C)C.CC[C@@]12C[C@@H]1[C@@H](n1cnc3c(Cl)nc(N)nc31)[C@H](F)[C@@H]2O[Si](C)(C)C(C)(C)C. The topological polar surface area (TPSA) is 181 Å². The minimum atomic E-state index is -2.15. The maximum absolute atomic E-state index is 15.9. The molecule has 0 unspecified atom stereocenters. The molecule has 1 amide bonds. The third kappa shape index (κ3) is 7.44. The van der Waals surface area contributed by atoms with Crippen molar-refractivity contribution < 1.29 is 22.4 Å². The van der Waals surface area contributed by atoms with Gasteiger partial charge in [0.15, 0.2) is 38.4 Å². The van der Waals surface area contributed by atoms with E-state index in [1.165, 1.54) is 0 Å². The van der Waals surface area contributed by atoms with Crippen LogP contribution in [0.4, 0.5) is 32.2 Å². The molecule has 4 aliphatic rings. The number of imidazole rings is 1. The van der Waals surface area contributed by atoms with Crippen molar-refractivity contribution in [3.05, 3.63) is 16.6 Å². The van der Waals surface area contributed by atoms with E-state index < -0.39 is 47.2 Å². The highest BCUT2D eigenvalue weighted by Gasteiger charge is 2.73. The Morgan fingerprint density at radius 3 is 1.91 bits per heavy atom. The molecule has 0 aromatic carbocycles. The molecule has 3 heterocycles. The first-order valence-corrected chi connectivity index (χ1v) is 26.5. The molecule has 0 bridgehead atoms. The van der Waals surface area contributed by atoms with E-state index in [1.54, 1.807) is 10.9 Å². The summed E-state index contributed by atoms with van der Waals surface area (Å²) in [6.45, 7) is 25.9. The van der Waals surface area contributed by atoms with Gasteiger partial charge in [-0.1, -0.05) is 78.6 Å². The molecular weight excluding hydrogens is 810 g/mol. The lowest BCUT2D eigenvalue weighted by atomic mass is 9.97. The Bertz CT molecular complexity index is 2020. The standard InChI is InChI=1S/C19H31ClFN5O2Si.C19H29ClFN5OSi/c1-7-19-8-10(19)12(11(21)14(19)28-29(5,6)18(2,3)4)24-16-13(23-9-27)15(20)25-17(22)26-16;1-7-19-8-10(19)13(11(21)14(19)27-28(5,6)18(2,3)4)26-9-23-12-15(20)24-17(22)25-16(12)26/h9-12,14H,7-8H2,1-6H3,(H,23,27)(H3,22,24,25,26);9-11,13-14H,7-8H2,1-6H3,(H2,22,24,25)/t10-,11+,12-,14+,19-;10-,11+,13-,14+,19-/m11/s1. The number of hydrogen-bond donors (Lipinski definition) is 4. The number of anilines is 4. The Morgan fingerprint density at radius 1 is 0.860 bits per heavy atom. The fourth-order valence-corrected chi connectivity index (χ4v) is 12.0. The van der Waals surface area contributed by atoms with Crippen LogP contribution in [-0.2, 0) is 13.6 Å². The summed E-state index contributed by atoms with van der Waals surface area (Å²) in [6, 6.07) is -0.868. The van der Waals surface area contributed by atoms with Crippen molar-refractivity contribution in [3.63, 3.8) is 0 Å². The molecule has 0 aliphatic heterocycles. The van der Waals surface area contributed by atoms with E-state index in [2.05, 4.69) is 117 Å². The second-order valence-corrected chi connectivity index (χ2v) is 29.7. The maximum Gasteiger partial charge on any atom is 0.223 e. The summed E-state index contributed by atoms with van der Waals surface area (Å²) in [7, 11) is -4.25. The first kappa shape index (κ1) is 43.9. The lowest BCUT2D eigenvalue weighted by Gasteiger charge is -2.41. The van der Waals surface area contributed by atoms with Crippen LogP contribution in [0.1, 0.15) is 87.1 Å². The third-order valence-corrected chi connectivity index (χ3v) is 23.9. The Morgan fingerprint density at radius 2 is 1.37 bits per heavy atom. The largest absolute Gasteiger partial charge is 0.410 e. The first-order valence-electron chi connectivity index (χ1n) is 19.9. The highest BCUT2D eigenvalue weighted by Crippen LogP contribution is 2.72. The van der Waals surface area contributed by atoms with Crippen LogP contribution in [0.25, 0.3) is 11.2 Å². The number of rotatable bonds is 11. The van der Waals surface area contributed by atoms with Gasteiger partial charge in [0.05, 0.1) is 30.6 Å². The van der Waals surface area contributed by atoms with E-state index in [0.29, 0.717) is 17.6 Å². The Kier molecular flexibility index (Phi) is 11.4. The average Bonchev–Trinajstić information content (AvgIpc) is 3.92. The monoisotopic (exact) mass is 868 g/mol. The number of aromatic nitrogens is 6. The minimum absolute atomic E-state index is 0.00660. The van der Waals surface area contributed by atoms with Gasteiger partial charge in [-0.3, -0.25) is 4.79 Å². The zero-order valence-electron chi connectivity index (χ0n) is 35.2. The summed E-state index contributed by atoms with van der Waals surface area (Å²) in [5.41, 5.74) is 12.4. The van der Waals surface area contributed by atoms with Crippen LogP contribution in [0.15, 0.2) is 6.33 Å². The van der Waals surface area contributed by atoms with E-state index in [4.69, 9.17) is 43.5 Å². The number of alkyl halides is 2. The molecule has 10 atom stereocenters. The Labute approximate surface area is 346 Å². The molecule has 316 valence electrons. The van der Waals surface area contributed by atoms with Crippen LogP contribution in [0.5, 0.6) is 0 Å². The number of nitrogen functional groups attached to an aromatic ring is 2. The van der Waals surface area contributed by atoms with Crippen LogP contribution >= 0.6 is 23.2 Å². The fourth-order valence-electron chi connectivity index (χ4n) is 8.86. The van der Waals surface area contributed by atoms with Crippen molar-refractivity contribution >= 4 is 80.8 Å². The highest BCUT2D eigenvalue weighted by molar-refractivity contribution is 6.74. The zero-order valence-corrected chi connectivity index (χ0v) is 38.7. The predicted octanol–water partition coefficient (Wildman–Crippen LogP) is 8.98. The van der Waals surface area contributed by atoms with Crippen molar-refractivity contribution in [3.8, 4) is 0 Å². The van der Waals surface area contributed by atoms with Crippen molar-refractivity contribution in [2.24, 2.45) is 22.7 Å². The number of fused-ring (bicyclic) bond motifs is 3. The number of carbonyl (C=O) groups excluding carboxylic acids is 1. The summed E-state index contributed by atoms with van der Waals surface area (Å²) >= 11 is 12.3. The summed E-state index contributed by atoms with van der Waals surface area (Å²) in [6.07, 6.45) is 2.50. The average molecular weight is 870 g/mol.